The lowest BCUT2D eigenvalue weighted by Crippen LogP contribution is -2.47. The lowest BCUT2D eigenvalue weighted by molar-refractivity contribution is 0.557. The summed E-state index contributed by atoms with van der Waals surface area (Å²) in [5.41, 5.74) is 10.5. The van der Waals surface area contributed by atoms with Crippen LogP contribution < -0.4 is 11.5 Å². The lowest BCUT2D eigenvalue weighted by Gasteiger charge is -2.20. The molecule has 1 aliphatic rings. The van der Waals surface area contributed by atoms with Crippen LogP contribution in [0.3, 0.4) is 0 Å². The van der Waals surface area contributed by atoms with E-state index in [2.05, 4.69) is 12.6 Å². The van der Waals surface area contributed by atoms with Gasteiger partial charge in [0.25, 0.3) is 0 Å². The maximum Gasteiger partial charge on any atom is 0.0867 e. The van der Waals surface area contributed by atoms with Crippen LogP contribution in [0.5, 0.6) is 0 Å². The summed E-state index contributed by atoms with van der Waals surface area (Å²) in [6.07, 6.45) is 6.15. The van der Waals surface area contributed by atoms with Crippen molar-refractivity contribution in [2.45, 2.75) is 12.1 Å². The van der Waals surface area contributed by atoms with Crippen LogP contribution >= 0.6 is 12.6 Å². The molecule has 0 spiro atoms. The van der Waals surface area contributed by atoms with Crippen molar-refractivity contribution in [2.75, 3.05) is 0 Å². The van der Waals surface area contributed by atoms with Crippen molar-refractivity contribution in [3.63, 3.8) is 0 Å². The molecule has 9 heavy (non-hydrogen) atoms. The first-order chi connectivity index (χ1) is 4.10. The highest BCUT2D eigenvalue weighted by molar-refractivity contribution is 7.84. The summed E-state index contributed by atoms with van der Waals surface area (Å²) in [5, 5.41) is 0. The van der Waals surface area contributed by atoms with Gasteiger partial charge in [0.05, 0.1) is 5.66 Å². The first-order valence-corrected chi connectivity index (χ1v) is 3.21. The van der Waals surface area contributed by atoms with Crippen LogP contribution in [0, 0.1) is 0 Å². The first-order valence-electron chi connectivity index (χ1n) is 2.76. The highest BCUT2D eigenvalue weighted by atomic mass is 32.1. The topological polar surface area (TPSA) is 52.0 Å². The molecule has 0 aliphatic heterocycles. The summed E-state index contributed by atoms with van der Waals surface area (Å²) in [5.74, 6) is 0. The average molecular weight is 142 g/mol. The number of rotatable bonds is 0. The number of hydrogen-bond donors (Lipinski definition) is 3. The van der Waals surface area contributed by atoms with E-state index < -0.39 is 5.66 Å². The zero-order chi connectivity index (χ0) is 6.91. The van der Waals surface area contributed by atoms with Crippen molar-refractivity contribution in [1.82, 2.24) is 0 Å². The van der Waals surface area contributed by atoms with Crippen LogP contribution in [0.25, 0.3) is 0 Å². The van der Waals surface area contributed by atoms with E-state index in [4.69, 9.17) is 11.5 Å². The SMILES string of the molecule is NC1(N)C=CC(S)=CC1. The van der Waals surface area contributed by atoms with Crippen LogP contribution in [-0.4, -0.2) is 5.66 Å². The third-order valence-electron chi connectivity index (χ3n) is 1.23. The monoisotopic (exact) mass is 142 g/mol. The molecule has 1 rings (SSSR count). The van der Waals surface area contributed by atoms with Gasteiger partial charge < -0.3 is 11.5 Å². The summed E-state index contributed by atoms with van der Waals surface area (Å²) in [4.78, 5) is 0.932. The van der Waals surface area contributed by atoms with Gasteiger partial charge in [-0.3, -0.25) is 0 Å². The minimum Gasteiger partial charge on any atom is -0.310 e. The van der Waals surface area contributed by atoms with Crippen LogP contribution in [0.1, 0.15) is 6.42 Å². The molecule has 3 heteroatoms. The second kappa shape index (κ2) is 2.17. The molecule has 4 N–H and O–H groups in total. The Bertz CT molecular complexity index is 170. The fourth-order valence-electron chi connectivity index (χ4n) is 0.658. The molecule has 0 saturated carbocycles. The molecule has 0 bridgehead atoms. The van der Waals surface area contributed by atoms with Crippen molar-refractivity contribution in [1.29, 1.82) is 0 Å². The van der Waals surface area contributed by atoms with Crippen LogP contribution in [-0.2, 0) is 0 Å². The molecule has 2 nitrogen and oxygen atoms in total. The summed E-state index contributed by atoms with van der Waals surface area (Å²) in [7, 11) is 0. The highest BCUT2D eigenvalue weighted by Crippen LogP contribution is 2.15. The number of thiol groups is 1. The Hall–Kier alpha value is -0.250. The Kier molecular flexibility index (Phi) is 1.66. The molecule has 0 amide bonds. The predicted molar refractivity (Wildman–Crippen MR) is 41.9 cm³/mol. The van der Waals surface area contributed by atoms with E-state index in [-0.39, 0.29) is 0 Å². The molecule has 0 saturated heterocycles. The van der Waals surface area contributed by atoms with E-state index in [9.17, 15) is 0 Å². The summed E-state index contributed by atoms with van der Waals surface area (Å²) in [6, 6.07) is 0. The van der Waals surface area contributed by atoms with Gasteiger partial charge in [-0.1, -0.05) is 12.2 Å². The Labute approximate surface area is 60.0 Å². The standard InChI is InChI=1S/C6H10N2S/c7-6(8)3-1-5(9)2-4-6/h1-3,9H,4,7-8H2. The van der Waals surface area contributed by atoms with E-state index >= 15 is 0 Å². The van der Waals surface area contributed by atoms with Crippen molar-refractivity contribution < 1.29 is 0 Å². The third-order valence-corrected chi connectivity index (χ3v) is 1.56. The predicted octanol–water partition coefficient (Wildman–Crippen LogP) is 0.374. The average Bonchev–Trinajstić information content (AvgIpc) is 1.78. The molecule has 0 radical (unpaired) electrons. The van der Waals surface area contributed by atoms with Gasteiger partial charge in [-0.05, 0) is 11.0 Å². The molecule has 0 aromatic rings. The number of nitrogens with two attached hydrogens (primary N) is 2. The molecule has 0 aromatic carbocycles. The molecule has 0 unspecified atom stereocenters. The third kappa shape index (κ3) is 1.86. The summed E-state index contributed by atoms with van der Waals surface area (Å²) in [6.45, 7) is 0. The van der Waals surface area contributed by atoms with Gasteiger partial charge in [0, 0.05) is 6.42 Å². The zero-order valence-electron chi connectivity index (χ0n) is 5.04. The normalized spacial score (nSPS) is 23.7. The fourth-order valence-corrected chi connectivity index (χ4v) is 0.824. The summed E-state index contributed by atoms with van der Waals surface area (Å²) >= 11 is 4.10. The molecular formula is C6H10N2S. The fraction of sp³-hybridized carbons (Fsp3) is 0.333. The van der Waals surface area contributed by atoms with E-state index in [0.717, 1.165) is 4.91 Å². The van der Waals surface area contributed by atoms with Crippen molar-refractivity contribution >= 4 is 12.6 Å². The van der Waals surface area contributed by atoms with Gasteiger partial charge in [0.2, 0.25) is 0 Å². The lowest BCUT2D eigenvalue weighted by atomic mass is 10.0. The molecule has 0 aromatic heterocycles. The van der Waals surface area contributed by atoms with Gasteiger partial charge in [-0.15, -0.1) is 12.6 Å². The van der Waals surface area contributed by atoms with Gasteiger partial charge in [0.1, 0.15) is 0 Å². The molecular weight excluding hydrogens is 132 g/mol. The Morgan fingerprint density at radius 3 is 2.56 bits per heavy atom. The van der Waals surface area contributed by atoms with Crippen LogP contribution in [0.2, 0.25) is 0 Å². The van der Waals surface area contributed by atoms with Gasteiger partial charge >= 0.3 is 0 Å². The van der Waals surface area contributed by atoms with Gasteiger partial charge in [-0.25, -0.2) is 0 Å². The van der Waals surface area contributed by atoms with E-state index in [1.54, 1.807) is 6.08 Å². The quantitative estimate of drug-likeness (QED) is 0.338. The molecule has 0 heterocycles. The summed E-state index contributed by atoms with van der Waals surface area (Å²) < 4.78 is 0. The molecule has 0 atom stereocenters. The first kappa shape index (κ1) is 6.86. The highest BCUT2D eigenvalue weighted by Gasteiger charge is 2.15. The second-order valence-corrected chi connectivity index (χ2v) is 2.80. The molecule has 50 valence electrons. The Morgan fingerprint density at radius 2 is 2.22 bits per heavy atom. The smallest absolute Gasteiger partial charge is 0.0867 e. The molecule has 1 aliphatic carbocycles. The maximum absolute atomic E-state index is 5.55. The molecule has 0 fully saturated rings. The van der Waals surface area contributed by atoms with E-state index in [0.29, 0.717) is 6.42 Å². The van der Waals surface area contributed by atoms with Crippen molar-refractivity contribution in [2.24, 2.45) is 11.5 Å². The van der Waals surface area contributed by atoms with Crippen LogP contribution in [0.4, 0.5) is 0 Å². The van der Waals surface area contributed by atoms with Gasteiger partial charge in [0.15, 0.2) is 0 Å². The Balaban J connectivity index is 2.70. The van der Waals surface area contributed by atoms with E-state index in [1.165, 1.54) is 0 Å². The largest absolute Gasteiger partial charge is 0.310 e. The maximum atomic E-state index is 5.55. The zero-order valence-corrected chi connectivity index (χ0v) is 5.94. The van der Waals surface area contributed by atoms with Crippen molar-refractivity contribution in [3.05, 3.63) is 23.1 Å². The van der Waals surface area contributed by atoms with Crippen molar-refractivity contribution in [3.8, 4) is 0 Å². The Morgan fingerprint density at radius 1 is 1.56 bits per heavy atom. The number of hydrogen-bond acceptors (Lipinski definition) is 3. The minimum absolute atomic E-state index is 0.647. The minimum atomic E-state index is -0.647. The number of allylic oxidation sites excluding steroid dienone is 1. The van der Waals surface area contributed by atoms with Crippen LogP contribution in [0.15, 0.2) is 23.1 Å². The van der Waals surface area contributed by atoms with E-state index in [1.807, 2.05) is 12.2 Å². The second-order valence-electron chi connectivity index (χ2n) is 2.28. The van der Waals surface area contributed by atoms with Gasteiger partial charge in [-0.2, -0.15) is 0 Å².